The number of nitrogens with zero attached hydrogens (tertiary/aromatic N) is 5. The second kappa shape index (κ2) is 9.84. The quantitative estimate of drug-likeness (QED) is 0.536. The largest absolute Gasteiger partial charge is 0.486 e. The second-order valence-electron chi connectivity index (χ2n) is 11.5. The molecule has 2 aliphatic rings. The Morgan fingerprint density at radius 1 is 1.08 bits per heavy atom. The number of benzene rings is 1. The van der Waals surface area contributed by atoms with Crippen LogP contribution in [0.1, 0.15) is 84.2 Å². The van der Waals surface area contributed by atoms with Crippen molar-refractivity contribution in [1.29, 1.82) is 0 Å². The summed E-state index contributed by atoms with van der Waals surface area (Å²) < 4.78 is 13.4. The van der Waals surface area contributed by atoms with Gasteiger partial charge in [-0.2, -0.15) is 0 Å². The molecule has 3 aromatic rings. The predicted molar refractivity (Wildman–Crippen MR) is 138 cm³/mol. The van der Waals surface area contributed by atoms with E-state index in [0.717, 1.165) is 40.9 Å². The average Bonchev–Trinajstić information content (AvgIpc) is 3.33. The lowest BCUT2D eigenvalue weighted by molar-refractivity contribution is 0.0580. The molecule has 1 aromatic carbocycles. The van der Waals surface area contributed by atoms with Gasteiger partial charge in [0.05, 0.1) is 17.1 Å². The summed E-state index contributed by atoms with van der Waals surface area (Å²) in [5, 5.41) is 13.9. The molecule has 0 amide bonds. The van der Waals surface area contributed by atoms with E-state index in [9.17, 15) is 4.79 Å². The Morgan fingerprint density at radius 3 is 2.44 bits per heavy atom. The first kappa shape index (κ1) is 24.7. The van der Waals surface area contributed by atoms with Crippen LogP contribution in [0.4, 0.5) is 0 Å². The smallest absolute Gasteiger partial charge is 0.252 e. The number of fused-ring (bicyclic) bond motifs is 2. The Balaban J connectivity index is 1.57. The third-order valence-corrected chi connectivity index (χ3v) is 7.36. The van der Waals surface area contributed by atoms with Gasteiger partial charge in [-0.1, -0.05) is 33.1 Å². The zero-order valence-corrected chi connectivity index (χ0v) is 22.1. The van der Waals surface area contributed by atoms with Gasteiger partial charge in [0.25, 0.3) is 5.56 Å². The zero-order chi connectivity index (χ0) is 25.4. The van der Waals surface area contributed by atoms with Crippen LogP contribution in [-0.4, -0.2) is 49.3 Å². The van der Waals surface area contributed by atoms with E-state index in [2.05, 4.69) is 60.0 Å². The van der Waals surface area contributed by atoms with Crippen molar-refractivity contribution in [3.8, 4) is 11.5 Å². The fourth-order valence-corrected chi connectivity index (χ4v) is 5.66. The molecule has 5 rings (SSSR count). The van der Waals surface area contributed by atoms with Gasteiger partial charge in [-0.3, -0.25) is 9.69 Å². The van der Waals surface area contributed by atoms with Gasteiger partial charge in [0.15, 0.2) is 17.3 Å². The zero-order valence-electron chi connectivity index (χ0n) is 22.1. The summed E-state index contributed by atoms with van der Waals surface area (Å²) in [7, 11) is 0. The number of hydrogen-bond donors (Lipinski definition) is 1. The number of H-pyrrole nitrogens is 1. The van der Waals surface area contributed by atoms with E-state index in [1.807, 2.05) is 22.9 Å². The van der Waals surface area contributed by atoms with Gasteiger partial charge in [-0.05, 0) is 62.1 Å². The molecule has 1 aliphatic heterocycles. The molecular weight excluding hydrogens is 456 g/mol. The molecule has 2 aromatic heterocycles. The number of aromatic amines is 1. The van der Waals surface area contributed by atoms with Crippen LogP contribution in [0, 0.1) is 5.92 Å². The summed E-state index contributed by atoms with van der Waals surface area (Å²) in [6.07, 6.45) is 5.90. The molecule has 1 fully saturated rings. The van der Waals surface area contributed by atoms with E-state index >= 15 is 0 Å². The molecule has 1 N–H and O–H groups in total. The van der Waals surface area contributed by atoms with E-state index in [1.165, 1.54) is 19.3 Å². The van der Waals surface area contributed by atoms with Gasteiger partial charge in [0, 0.05) is 29.6 Å². The van der Waals surface area contributed by atoms with Crippen molar-refractivity contribution in [1.82, 2.24) is 30.1 Å². The van der Waals surface area contributed by atoms with Crippen molar-refractivity contribution in [2.45, 2.75) is 90.9 Å². The Labute approximate surface area is 212 Å². The molecule has 9 heteroatoms. The molecule has 1 atom stereocenters. The van der Waals surface area contributed by atoms with Gasteiger partial charge in [-0.15, -0.1) is 5.10 Å². The maximum absolute atomic E-state index is 13.3. The Bertz CT molecular complexity index is 1270. The Morgan fingerprint density at radius 2 is 1.78 bits per heavy atom. The molecule has 0 radical (unpaired) electrons. The Hall–Kier alpha value is -2.94. The standard InChI is InChI=1S/C27H38N6O3/c1-17(2)24(25-29-30-31-33(25)27(3,4)5)32(20-9-7-6-8-10-20)16-19-13-18-14-22-23(36-12-11-35-22)15-21(18)28-26(19)34/h13-15,17,20,24H,6-12,16H2,1-5H3,(H,28,34)/t24-/m0/s1. The molecule has 36 heavy (non-hydrogen) atoms. The van der Waals surface area contributed by atoms with Crippen LogP contribution in [0.5, 0.6) is 11.5 Å². The highest BCUT2D eigenvalue weighted by Gasteiger charge is 2.36. The molecular formula is C27H38N6O3. The maximum Gasteiger partial charge on any atom is 0.252 e. The van der Waals surface area contributed by atoms with E-state index in [0.29, 0.717) is 31.5 Å². The maximum atomic E-state index is 13.3. The molecule has 1 aliphatic carbocycles. The van der Waals surface area contributed by atoms with E-state index in [1.54, 1.807) is 0 Å². The molecule has 3 heterocycles. The molecule has 194 valence electrons. The highest BCUT2D eigenvalue weighted by atomic mass is 16.6. The van der Waals surface area contributed by atoms with Crippen molar-refractivity contribution in [3.05, 3.63) is 39.9 Å². The first-order valence-electron chi connectivity index (χ1n) is 13.2. The summed E-state index contributed by atoms with van der Waals surface area (Å²) >= 11 is 0. The van der Waals surface area contributed by atoms with Gasteiger partial charge in [0.1, 0.15) is 13.2 Å². The topological polar surface area (TPSA) is 98.2 Å². The molecule has 9 nitrogen and oxygen atoms in total. The van der Waals surface area contributed by atoms with Gasteiger partial charge >= 0.3 is 0 Å². The van der Waals surface area contributed by atoms with E-state index in [-0.39, 0.29) is 23.1 Å². The number of aromatic nitrogens is 5. The SMILES string of the molecule is CC(C)[C@@H](c1nnnn1C(C)(C)C)N(Cc1cc2cc3c(cc2[nH]c1=O)OCCO3)C1CCCCC1. The first-order valence-corrected chi connectivity index (χ1v) is 13.2. The van der Waals surface area contributed by atoms with Crippen molar-refractivity contribution in [3.63, 3.8) is 0 Å². The molecule has 0 saturated heterocycles. The van der Waals surface area contributed by atoms with Crippen molar-refractivity contribution < 1.29 is 9.47 Å². The Kier molecular flexibility index (Phi) is 6.76. The fraction of sp³-hybridized carbons (Fsp3) is 0.630. The third kappa shape index (κ3) is 4.85. The number of pyridine rings is 1. The highest BCUT2D eigenvalue weighted by molar-refractivity contribution is 5.83. The van der Waals surface area contributed by atoms with Crippen molar-refractivity contribution in [2.24, 2.45) is 5.92 Å². The first-order chi connectivity index (χ1) is 17.2. The summed E-state index contributed by atoms with van der Waals surface area (Å²) in [5.41, 5.74) is 1.18. The molecule has 0 unspecified atom stereocenters. The van der Waals surface area contributed by atoms with Crippen LogP contribution in [0.3, 0.4) is 0 Å². The van der Waals surface area contributed by atoms with Crippen LogP contribution >= 0.6 is 0 Å². The van der Waals surface area contributed by atoms with Crippen LogP contribution < -0.4 is 15.0 Å². The minimum atomic E-state index is -0.244. The number of nitrogens with one attached hydrogen (secondary N) is 1. The monoisotopic (exact) mass is 494 g/mol. The highest BCUT2D eigenvalue weighted by Crippen LogP contribution is 2.37. The fourth-order valence-electron chi connectivity index (χ4n) is 5.66. The summed E-state index contributed by atoms with van der Waals surface area (Å²) in [4.78, 5) is 18.9. The minimum Gasteiger partial charge on any atom is -0.486 e. The number of tetrazole rings is 1. The number of ether oxygens (including phenoxy) is 2. The van der Waals surface area contributed by atoms with E-state index in [4.69, 9.17) is 9.47 Å². The lowest BCUT2D eigenvalue weighted by atomic mass is 9.90. The summed E-state index contributed by atoms with van der Waals surface area (Å²) in [6, 6.07) is 6.19. The number of hydrogen-bond acceptors (Lipinski definition) is 7. The predicted octanol–water partition coefficient (Wildman–Crippen LogP) is 4.57. The van der Waals surface area contributed by atoms with Crippen LogP contribution in [-0.2, 0) is 12.1 Å². The minimum absolute atomic E-state index is 0.0160. The molecule has 1 saturated carbocycles. The third-order valence-electron chi connectivity index (χ3n) is 7.36. The average molecular weight is 495 g/mol. The second-order valence-corrected chi connectivity index (χ2v) is 11.5. The van der Waals surface area contributed by atoms with Gasteiger partial charge in [-0.25, -0.2) is 4.68 Å². The van der Waals surface area contributed by atoms with E-state index < -0.39 is 0 Å². The van der Waals surface area contributed by atoms with Gasteiger partial charge in [0.2, 0.25) is 0 Å². The van der Waals surface area contributed by atoms with Gasteiger partial charge < -0.3 is 14.5 Å². The summed E-state index contributed by atoms with van der Waals surface area (Å²) in [6.45, 7) is 12.4. The lowest BCUT2D eigenvalue weighted by Crippen LogP contribution is -2.44. The number of rotatable bonds is 6. The lowest BCUT2D eigenvalue weighted by Gasteiger charge is -2.41. The van der Waals surface area contributed by atoms with Crippen molar-refractivity contribution in [2.75, 3.05) is 13.2 Å². The summed E-state index contributed by atoms with van der Waals surface area (Å²) in [5.74, 6) is 2.52. The molecule has 0 bridgehead atoms. The normalized spacial score (nSPS) is 17.8. The van der Waals surface area contributed by atoms with Crippen molar-refractivity contribution >= 4 is 10.9 Å². The molecule has 0 spiro atoms. The van der Waals surface area contributed by atoms with Crippen LogP contribution in [0.25, 0.3) is 10.9 Å². The van der Waals surface area contributed by atoms with Crippen LogP contribution in [0.15, 0.2) is 23.0 Å². The van der Waals surface area contributed by atoms with Crippen LogP contribution in [0.2, 0.25) is 0 Å².